The molecule has 6 nitrogen and oxygen atoms in total. The lowest BCUT2D eigenvalue weighted by atomic mass is 9.79. The Balaban J connectivity index is 1.43. The minimum absolute atomic E-state index is 0.0381. The Bertz CT molecular complexity index is 1430. The molecule has 206 valence electrons. The smallest absolute Gasteiger partial charge is 0.303 e. The third-order valence-corrected chi connectivity index (χ3v) is 7.44. The molecule has 0 radical (unpaired) electrons. The summed E-state index contributed by atoms with van der Waals surface area (Å²) in [5.74, 6) is 1.33. The molecule has 2 aromatic carbocycles. The number of piperidine rings is 1. The molecule has 3 atom stereocenters. The largest absolute Gasteiger partial charge is 0.497 e. The minimum atomic E-state index is -1.30. The second kappa shape index (κ2) is 12.7. The molecule has 10 heteroatoms. The molecule has 1 aliphatic heterocycles. The maximum absolute atomic E-state index is 13.9. The van der Waals surface area contributed by atoms with Crippen molar-refractivity contribution in [3.63, 3.8) is 0 Å². The van der Waals surface area contributed by atoms with Crippen molar-refractivity contribution in [1.82, 2.24) is 9.88 Å². The lowest BCUT2D eigenvalue weighted by Crippen LogP contribution is -2.41. The number of benzene rings is 2. The molecule has 0 spiro atoms. The number of aliphatic hydroxyl groups is 1. The topological polar surface area (TPSA) is 82.9 Å². The molecule has 3 aromatic rings. The number of aliphatic carboxylic acids is 1. The maximum atomic E-state index is 13.9. The van der Waals surface area contributed by atoms with Gasteiger partial charge in [-0.3, -0.25) is 14.7 Å². The molecular formula is C29H28ClF3N2O4. The summed E-state index contributed by atoms with van der Waals surface area (Å²) in [4.78, 5) is 17.9. The Hall–Kier alpha value is -3.32. The number of carboxylic acids is 1. The van der Waals surface area contributed by atoms with Gasteiger partial charge in [0.25, 0.3) is 0 Å². The highest BCUT2D eigenvalue weighted by Crippen LogP contribution is 2.37. The molecule has 39 heavy (non-hydrogen) atoms. The van der Waals surface area contributed by atoms with E-state index in [1.807, 2.05) is 4.90 Å². The summed E-state index contributed by atoms with van der Waals surface area (Å²) < 4.78 is 46.0. The van der Waals surface area contributed by atoms with Gasteiger partial charge in [-0.2, -0.15) is 0 Å². The van der Waals surface area contributed by atoms with Crippen LogP contribution in [0.1, 0.15) is 42.9 Å². The number of aromatic nitrogens is 1. The number of hydrogen-bond acceptors (Lipinski definition) is 5. The van der Waals surface area contributed by atoms with Gasteiger partial charge in [0.1, 0.15) is 11.6 Å². The van der Waals surface area contributed by atoms with Crippen LogP contribution in [0.2, 0.25) is 5.02 Å². The molecule has 0 amide bonds. The van der Waals surface area contributed by atoms with E-state index < -0.39 is 29.5 Å². The molecule has 4 rings (SSSR count). The summed E-state index contributed by atoms with van der Waals surface area (Å²) in [6.45, 7) is 1.25. The van der Waals surface area contributed by atoms with Gasteiger partial charge >= 0.3 is 5.97 Å². The predicted octanol–water partition coefficient (Wildman–Crippen LogP) is 5.59. The van der Waals surface area contributed by atoms with Crippen molar-refractivity contribution in [3.05, 3.63) is 70.1 Å². The fourth-order valence-electron chi connectivity index (χ4n) is 5.18. The third-order valence-electron chi connectivity index (χ3n) is 7.14. The van der Waals surface area contributed by atoms with Crippen molar-refractivity contribution in [3.8, 4) is 17.6 Å². The fraction of sp³-hybridized carbons (Fsp3) is 0.379. The zero-order valence-electron chi connectivity index (χ0n) is 21.3. The predicted molar refractivity (Wildman–Crippen MR) is 141 cm³/mol. The number of pyridine rings is 1. The molecule has 2 N–H and O–H groups in total. The Morgan fingerprint density at radius 3 is 2.79 bits per heavy atom. The van der Waals surface area contributed by atoms with Crippen LogP contribution in [0.5, 0.6) is 5.75 Å². The van der Waals surface area contributed by atoms with Crippen LogP contribution in [0.3, 0.4) is 0 Å². The molecule has 1 aliphatic rings. The summed E-state index contributed by atoms with van der Waals surface area (Å²) in [5.41, 5.74) is 0.871. The number of aliphatic hydroxyl groups excluding tert-OH is 1. The molecule has 1 fully saturated rings. The highest BCUT2D eigenvalue weighted by atomic mass is 35.5. The highest BCUT2D eigenvalue weighted by molar-refractivity contribution is 6.32. The third kappa shape index (κ3) is 7.01. The number of hydrogen-bond donors (Lipinski definition) is 2. The van der Waals surface area contributed by atoms with E-state index in [-0.39, 0.29) is 30.4 Å². The van der Waals surface area contributed by atoms with E-state index in [1.165, 1.54) is 6.20 Å². The van der Waals surface area contributed by atoms with E-state index >= 15 is 0 Å². The van der Waals surface area contributed by atoms with Crippen molar-refractivity contribution in [2.45, 2.75) is 31.8 Å². The molecule has 0 bridgehead atoms. The summed E-state index contributed by atoms with van der Waals surface area (Å²) >= 11 is 6.43. The van der Waals surface area contributed by atoms with Gasteiger partial charge in [0.15, 0.2) is 11.6 Å². The lowest BCUT2D eigenvalue weighted by molar-refractivity contribution is -0.139. The molecule has 0 saturated carbocycles. The average molecular weight is 561 g/mol. The fourth-order valence-corrected chi connectivity index (χ4v) is 5.46. The van der Waals surface area contributed by atoms with E-state index in [2.05, 4.69) is 16.8 Å². The van der Waals surface area contributed by atoms with Gasteiger partial charge in [-0.25, -0.2) is 13.2 Å². The van der Waals surface area contributed by atoms with Crippen LogP contribution in [0.15, 0.2) is 36.5 Å². The zero-order valence-corrected chi connectivity index (χ0v) is 22.0. The van der Waals surface area contributed by atoms with Gasteiger partial charge in [0, 0.05) is 36.2 Å². The molecular weight excluding hydrogens is 533 g/mol. The highest BCUT2D eigenvalue weighted by Gasteiger charge is 2.31. The van der Waals surface area contributed by atoms with Gasteiger partial charge in [0.2, 0.25) is 0 Å². The van der Waals surface area contributed by atoms with Crippen LogP contribution < -0.4 is 4.74 Å². The van der Waals surface area contributed by atoms with Crippen molar-refractivity contribution in [2.24, 2.45) is 11.8 Å². The summed E-state index contributed by atoms with van der Waals surface area (Å²) in [7, 11) is 1.55. The first kappa shape index (κ1) is 28.7. The van der Waals surface area contributed by atoms with Gasteiger partial charge in [-0.05, 0) is 61.9 Å². The molecule has 1 aromatic heterocycles. The number of rotatable bonds is 8. The lowest BCUT2D eigenvalue weighted by Gasteiger charge is -2.37. The minimum Gasteiger partial charge on any atom is -0.497 e. The van der Waals surface area contributed by atoms with E-state index in [9.17, 15) is 28.2 Å². The SMILES string of the molecule is COc1ccc2ncc(Cl)c([C@H](O)CCC3CCN(CC#Cc4cc(F)cc(F)c4F)CC3CC(=O)O)c2c1. The Kier molecular flexibility index (Phi) is 9.33. The molecule has 2 heterocycles. The van der Waals surface area contributed by atoms with E-state index in [0.717, 1.165) is 6.07 Å². The van der Waals surface area contributed by atoms with Gasteiger partial charge in [-0.15, -0.1) is 0 Å². The average Bonchev–Trinajstić information content (AvgIpc) is 2.90. The van der Waals surface area contributed by atoms with Crippen molar-refractivity contribution < 1.29 is 32.9 Å². The molecule has 0 aliphatic carbocycles. The van der Waals surface area contributed by atoms with E-state index in [4.69, 9.17) is 16.3 Å². The number of likely N-dealkylation sites (tertiary alicyclic amines) is 1. The van der Waals surface area contributed by atoms with E-state index in [1.54, 1.807) is 25.3 Å². The van der Waals surface area contributed by atoms with Crippen molar-refractivity contribution >= 4 is 28.5 Å². The quantitative estimate of drug-likeness (QED) is 0.276. The van der Waals surface area contributed by atoms with Crippen LogP contribution in [-0.4, -0.2) is 52.8 Å². The van der Waals surface area contributed by atoms with Crippen LogP contribution >= 0.6 is 11.6 Å². The van der Waals surface area contributed by atoms with Gasteiger partial charge in [-0.1, -0.05) is 23.4 Å². The summed E-state index contributed by atoms with van der Waals surface area (Å²) in [6, 6.07) is 6.65. The number of nitrogens with zero attached hydrogens (tertiary/aromatic N) is 2. The van der Waals surface area contributed by atoms with Crippen molar-refractivity contribution in [2.75, 3.05) is 26.7 Å². The normalized spacial score (nSPS) is 18.4. The van der Waals surface area contributed by atoms with Crippen LogP contribution in [0, 0.1) is 41.1 Å². The van der Waals surface area contributed by atoms with Crippen LogP contribution in [-0.2, 0) is 4.79 Å². The summed E-state index contributed by atoms with van der Waals surface area (Å²) in [5, 5.41) is 21.6. The van der Waals surface area contributed by atoms with Gasteiger partial charge in [0.05, 0.1) is 35.9 Å². The zero-order chi connectivity index (χ0) is 28.1. The Morgan fingerprint density at radius 2 is 2.05 bits per heavy atom. The van der Waals surface area contributed by atoms with Crippen LogP contribution in [0.4, 0.5) is 13.2 Å². The second-order valence-electron chi connectivity index (χ2n) is 9.69. The Morgan fingerprint density at radius 1 is 1.26 bits per heavy atom. The standard InChI is InChI=1S/C29H28ClF3N2O4/c1-39-21-5-6-25-22(14-21)28(23(30)15-34-25)26(36)7-4-17-8-10-35(16-19(17)12-27(37)38)9-2-3-18-11-20(31)13-24(32)29(18)33/h5-6,11,13-15,17,19,26,36H,4,7-10,12,16H2,1H3,(H,37,38)/t17?,19?,26-/m1/s1. The first-order valence-electron chi connectivity index (χ1n) is 12.5. The molecule has 2 unspecified atom stereocenters. The summed E-state index contributed by atoms with van der Waals surface area (Å²) in [6.07, 6.45) is 2.20. The van der Waals surface area contributed by atoms with E-state index in [0.29, 0.717) is 65.7 Å². The molecule has 1 saturated heterocycles. The number of carboxylic acid groups (broad SMARTS) is 1. The first-order valence-corrected chi connectivity index (χ1v) is 12.9. The first-order chi connectivity index (χ1) is 18.7. The number of methoxy groups -OCH3 is 1. The van der Waals surface area contributed by atoms with Crippen LogP contribution in [0.25, 0.3) is 10.9 Å². The number of halogens is 4. The maximum Gasteiger partial charge on any atom is 0.303 e. The van der Waals surface area contributed by atoms with Gasteiger partial charge < -0.3 is 14.9 Å². The monoisotopic (exact) mass is 560 g/mol. The van der Waals surface area contributed by atoms with Crippen molar-refractivity contribution in [1.29, 1.82) is 0 Å². The number of ether oxygens (including phenoxy) is 1. The second-order valence-corrected chi connectivity index (χ2v) is 10.1. The Labute approximate surface area is 229 Å². The number of carbonyl (C=O) groups is 1. The number of fused-ring (bicyclic) bond motifs is 1.